The molecule has 0 fully saturated rings. The normalized spacial score (nSPS) is 10.5. The van der Waals surface area contributed by atoms with Crippen LogP contribution >= 0.6 is 0 Å². The zero-order chi connectivity index (χ0) is 12.1. The number of nitrogens with zero attached hydrogens (tertiary/aromatic N) is 2. The first-order valence-corrected chi connectivity index (χ1v) is 5.67. The summed E-state index contributed by atoms with van der Waals surface area (Å²) in [5, 5.41) is 0. The standard InChI is InChI=1S/C14H16N2O/c1-11-5-3-7-13(15-11)9-17-10-14-8-4-6-12(2)16-14/h3-8H,9-10H2,1-2H3. The van der Waals surface area contributed by atoms with Crippen molar-refractivity contribution in [3.63, 3.8) is 0 Å². The molecule has 3 heteroatoms. The molecule has 2 aromatic rings. The van der Waals surface area contributed by atoms with Gasteiger partial charge in [0, 0.05) is 11.4 Å². The minimum absolute atomic E-state index is 0.525. The lowest BCUT2D eigenvalue weighted by Gasteiger charge is -2.04. The summed E-state index contributed by atoms with van der Waals surface area (Å²) in [7, 11) is 0. The predicted octanol–water partition coefficient (Wildman–Crippen LogP) is 2.81. The number of pyridine rings is 2. The Balaban J connectivity index is 1.87. The molecule has 0 spiro atoms. The van der Waals surface area contributed by atoms with Crippen molar-refractivity contribution in [1.82, 2.24) is 9.97 Å². The van der Waals surface area contributed by atoms with Crippen molar-refractivity contribution in [1.29, 1.82) is 0 Å². The van der Waals surface area contributed by atoms with Crippen LogP contribution in [-0.2, 0) is 18.0 Å². The molecule has 0 aliphatic carbocycles. The summed E-state index contributed by atoms with van der Waals surface area (Å²) in [6, 6.07) is 11.9. The van der Waals surface area contributed by atoms with E-state index in [4.69, 9.17) is 4.74 Å². The molecule has 0 amide bonds. The largest absolute Gasteiger partial charge is 0.369 e. The number of aromatic nitrogens is 2. The third kappa shape index (κ3) is 3.64. The Labute approximate surface area is 102 Å². The second kappa shape index (κ2) is 5.55. The molecule has 0 aliphatic rings. The van der Waals surface area contributed by atoms with Gasteiger partial charge in [0.15, 0.2) is 0 Å². The molecule has 88 valence electrons. The number of hydrogen-bond acceptors (Lipinski definition) is 3. The summed E-state index contributed by atoms with van der Waals surface area (Å²) in [5.41, 5.74) is 3.94. The van der Waals surface area contributed by atoms with E-state index >= 15 is 0 Å². The SMILES string of the molecule is Cc1cccc(COCc2cccc(C)n2)n1. The fourth-order valence-corrected chi connectivity index (χ4v) is 1.62. The summed E-state index contributed by atoms with van der Waals surface area (Å²) < 4.78 is 5.59. The number of hydrogen-bond donors (Lipinski definition) is 0. The molecule has 3 nitrogen and oxygen atoms in total. The molecule has 0 unspecified atom stereocenters. The summed E-state index contributed by atoms with van der Waals surface area (Å²) >= 11 is 0. The Morgan fingerprint density at radius 2 is 1.29 bits per heavy atom. The summed E-state index contributed by atoms with van der Waals surface area (Å²) in [6.07, 6.45) is 0. The number of rotatable bonds is 4. The van der Waals surface area contributed by atoms with Crippen molar-refractivity contribution in [2.45, 2.75) is 27.1 Å². The summed E-state index contributed by atoms with van der Waals surface area (Å²) in [4.78, 5) is 8.75. The maximum Gasteiger partial charge on any atom is 0.0893 e. The van der Waals surface area contributed by atoms with Crippen LogP contribution in [0.3, 0.4) is 0 Å². The second-order valence-corrected chi connectivity index (χ2v) is 4.03. The molecule has 0 bridgehead atoms. The van der Waals surface area contributed by atoms with E-state index in [1.165, 1.54) is 0 Å². The van der Waals surface area contributed by atoms with Gasteiger partial charge in [-0.3, -0.25) is 9.97 Å². The molecule has 17 heavy (non-hydrogen) atoms. The van der Waals surface area contributed by atoms with Gasteiger partial charge in [-0.15, -0.1) is 0 Å². The summed E-state index contributed by atoms with van der Waals surface area (Å²) in [6.45, 7) is 5.01. The zero-order valence-corrected chi connectivity index (χ0v) is 10.2. The molecule has 2 heterocycles. The first kappa shape index (κ1) is 11.7. The molecule has 0 radical (unpaired) electrons. The highest BCUT2D eigenvalue weighted by Crippen LogP contribution is 2.04. The van der Waals surface area contributed by atoms with E-state index in [0.717, 1.165) is 22.8 Å². The molecule has 0 atom stereocenters. The average Bonchev–Trinajstić information content (AvgIpc) is 2.29. The van der Waals surface area contributed by atoms with Crippen molar-refractivity contribution in [2.24, 2.45) is 0 Å². The Bertz CT molecular complexity index is 452. The van der Waals surface area contributed by atoms with Gasteiger partial charge in [-0.1, -0.05) is 12.1 Å². The van der Waals surface area contributed by atoms with Crippen molar-refractivity contribution in [3.8, 4) is 0 Å². The highest BCUT2D eigenvalue weighted by molar-refractivity contribution is 5.10. The Morgan fingerprint density at radius 1 is 0.824 bits per heavy atom. The fraction of sp³-hybridized carbons (Fsp3) is 0.286. The van der Waals surface area contributed by atoms with Crippen molar-refractivity contribution >= 4 is 0 Å². The molecular formula is C14H16N2O. The van der Waals surface area contributed by atoms with Crippen molar-refractivity contribution in [3.05, 3.63) is 59.2 Å². The van der Waals surface area contributed by atoms with Crippen molar-refractivity contribution < 1.29 is 4.74 Å². The average molecular weight is 228 g/mol. The van der Waals surface area contributed by atoms with Crippen LogP contribution in [0, 0.1) is 13.8 Å². The van der Waals surface area contributed by atoms with Gasteiger partial charge in [-0.25, -0.2) is 0 Å². The van der Waals surface area contributed by atoms with Crippen LogP contribution in [0.25, 0.3) is 0 Å². The van der Waals surface area contributed by atoms with Gasteiger partial charge in [-0.05, 0) is 38.1 Å². The van der Waals surface area contributed by atoms with Gasteiger partial charge < -0.3 is 4.74 Å². The molecule has 2 rings (SSSR count). The maximum atomic E-state index is 5.59. The van der Waals surface area contributed by atoms with Gasteiger partial charge in [0.2, 0.25) is 0 Å². The lowest BCUT2D eigenvalue weighted by molar-refractivity contribution is 0.102. The number of ether oxygens (including phenoxy) is 1. The van der Waals surface area contributed by atoms with E-state index in [1.807, 2.05) is 50.2 Å². The maximum absolute atomic E-state index is 5.59. The molecule has 0 N–H and O–H groups in total. The molecule has 0 saturated carbocycles. The Hall–Kier alpha value is -1.74. The fourth-order valence-electron chi connectivity index (χ4n) is 1.62. The molecule has 0 aliphatic heterocycles. The van der Waals surface area contributed by atoms with Crippen LogP contribution in [-0.4, -0.2) is 9.97 Å². The molecule has 0 aromatic carbocycles. The zero-order valence-electron chi connectivity index (χ0n) is 10.2. The first-order chi connectivity index (χ1) is 8.24. The third-order valence-electron chi connectivity index (χ3n) is 2.39. The van der Waals surface area contributed by atoms with E-state index < -0.39 is 0 Å². The van der Waals surface area contributed by atoms with Crippen molar-refractivity contribution in [2.75, 3.05) is 0 Å². The van der Waals surface area contributed by atoms with Gasteiger partial charge in [0.05, 0.1) is 24.6 Å². The molecular weight excluding hydrogens is 212 g/mol. The minimum Gasteiger partial charge on any atom is -0.369 e. The van der Waals surface area contributed by atoms with Crippen LogP contribution in [0.2, 0.25) is 0 Å². The van der Waals surface area contributed by atoms with E-state index in [-0.39, 0.29) is 0 Å². The first-order valence-electron chi connectivity index (χ1n) is 5.67. The van der Waals surface area contributed by atoms with Gasteiger partial charge in [0.1, 0.15) is 0 Å². The van der Waals surface area contributed by atoms with E-state index in [1.54, 1.807) is 0 Å². The topological polar surface area (TPSA) is 35.0 Å². The lowest BCUT2D eigenvalue weighted by atomic mass is 10.3. The predicted molar refractivity (Wildman–Crippen MR) is 66.4 cm³/mol. The van der Waals surface area contributed by atoms with Gasteiger partial charge in [-0.2, -0.15) is 0 Å². The minimum atomic E-state index is 0.525. The monoisotopic (exact) mass is 228 g/mol. The highest BCUT2D eigenvalue weighted by atomic mass is 16.5. The Morgan fingerprint density at radius 3 is 1.71 bits per heavy atom. The van der Waals surface area contributed by atoms with Gasteiger partial charge >= 0.3 is 0 Å². The lowest BCUT2D eigenvalue weighted by Crippen LogP contribution is -1.99. The van der Waals surface area contributed by atoms with Crippen LogP contribution in [0.4, 0.5) is 0 Å². The highest BCUT2D eigenvalue weighted by Gasteiger charge is 1.98. The third-order valence-corrected chi connectivity index (χ3v) is 2.39. The van der Waals surface area contributed by atoms with Gasteiger partial charge in [0.25, 0.3) is 0 Å². The Kier molecular flexibility index (Phi) is 3.83. The second-order valence-electron chi connectivity index (χ2n) is 4.03. The summed E-state index contributed by atoms with van der Waals surface area (Å²) in [5.74, 6) is 0. The van der Waals surface area contributed by atoms with Crippen LogP contribution in [0.1, 0.15) is 22.8 Å². The smallest absolute Gasteiger partial charge is 0.0893 e. The van der Waals surface area contributed by atoms with Crippen LogP contribution in [0.15, 0.2) is 36.4 Å². The number of aryl methyl sites for hydroxylation is 2. The van der Waals surface area contributed by atoms with E-state index in [0.29, 0.717) is 13.2 Å². The van der Waals surface area contributed by atoms with E-state index in [2.05, 4.69) is 9.97 Å². The van der Waals surface area contributed by atoms with Crippen LogP contribution < -0.4 is 0 Å². The molecule has 0 saturated heterocycles. The quantitative estimate of drug-likeness (QED) is 0.807. The van der Waals surface area contributed by atoms with Crippen LogP contribution in [0.5, 0.6) is 0 Å². The molecule has 2 aromatic heterocycles. The van der Waals surface area contributed by atoms with E-state index in [9.17, 15) is 0 Å².